The van der Waals surface area contributed by atoms with Gasteiger partial charge >= 0.3 is 0 Å². The Bertz CT molecular complexity index is 1110. The molecule has 8 heteroatoms. The Labute approximate surface area is 144 Å². The molecule has 3 aromatic rings. The molecule has 2 amide bonds. The number of nitrogens with one attached hydrogen (secondary N) is 2. The number of hydrogen-bond donors (Lipinski definition) is 2. The summed E-state index contributed by atoms with van der Waals surface area (Å²) in [6, 6.07) is 9.64. The van der Waals surface area contributed by atoms with Gasteiger partial charge in [0, 0.05) is 10.4 Å². The Balaban J connectivity index is 1.81. The van der Waals surface area contributed by atoms with Crippen LogP contribution in [-0.4, -0.2) is 21.8 Å². The van der Waals surface area contributed by atoms with E-state index in [9.17, 15) is 18.8 Å². The number of pyridine rings is 1. The van der Waals surface area contributed by atoms with Crippen molar-refractivity contribution in [2.45, 2.75) is 0 Å². The fourth-order valence-electron chi connectivity index (χ4n) is 2.70. The first-order valence-electron chi connectivity index (χ1n) is 7.22. The van der Waals surface area contributed by atoms with Crippen molar-refractivity contribution in [3.63, 3.8) is 0 Å². The number of halogens is 2. The number of aromatic nitrogens is 1. The van der Waals surface area contributed by atoms with Crippen molar-refractivity contribution in [2.75, 3.05) is 5.43 Å². The summed E-state index contributed by atoms with van der Waals surface area (Å²) in [7, 11) is 0. The lowest BCUT2D eigenvalue weighted by molar-refractivity contribution is 0.0689. The van der Waals surface area contributed by atoms with E-state index in [2.05, 4.69) is 10.4 Å². The summed E-state index contributed by atoms with van der Waals surface area (Å²) in [5.41, 5.74) is 2.38. The number of carbonyl (C=O) groups is 2. The van der Waals surface area contributed by atoms with E-state index in [1.54, 1.807) is 0 Å². The fourth-order valence-corrected chi connectivity index (χ4v) is 2.87. The summed E-state index contributed by atoms with van der Waals surface area (Å²) in [4.78, 5) is 40.4. The molecule has 1 aliphatic heterocycles. The predicted molar refractivity (Wildman–Crippen MR) is 90.1 cm³/mol. The van der Waals surface area contributed by atoms with Gasteiger partial charge in [-0.1, -0.05) is 11.6 Å². The highest BCUT2D eigenvalue weighted by Crippen LogP contribution is 2.24. The first kappa shape index (κ1) is 15.3. The van der Waals surface area contributed by atoms with Crippen molar-refractivity contribution >= 4 is 40.0 Å². The van der Waals surface area contributed by atoms with Gasteiger partial charge in [-0.25, -0.2) is 4.39 Å². The van der Waals surface area contributed by atoms with Crippen molar-refractivity contribution in [3.05, 3.63) is 74.8 Å². The normalized spacial score (nSPS) is 13.4. The van der Waals surface area contributed by atoms with Crippen LogP contribution in [0.2, 0.25) is 5.02 Å². The smallest absolute Gasteiger partial charge is 0.297 e. The van der Waals surface area contributed by atoms with Crippen molar-refractivity contribution in [1.82, 2.24) is 9.99 Å². The number of rotatable bonds is 2. The van der Waals surface area contributed by atoms with Gasteiger partial charge in [-0.2, -0.15) is 5.01 Å². The molecule has 2 aromatic carbocycles. The summed E-state index contributed by atoms with van der Waals surface area (Å²) in [6.45, 7) is 0. The third-order valence-corrected chi connectivity index (χ3v) is 4.12. The standard InChI is InChI=1S/C17H9ClFN3O3/c18-8-1-6-11-12(7-8)20-14-13(15(11)23)16(24)22(17(14)25)21-10-4-2-9(19)3-5-10/h1-7,21H,(H,20,23). The molecule has 25 heavy (non-hydrogen) atoms. The monoisotopic (exact) mass is 357 g/mol. The number of H-pyrrole nitrogens is 1. The number of fused-ring (bicyclic) bond motifs is 2. The van der Waals surface area contributed by atoms with Gasteiger partial charge in [0.25, 0.3) is 11.8 Å². The van der Waals surface area contributed by atoms with E-state index in [0.717, 1.165) is 5.01 Å². The quantitative estimate of drug-likeness (QED) is 0.691. The maximum atomic E-state index is 13.0. The average molecular weight is 358 g/mol. The molecule has 0 atom stereocenters. The third kappa shape index (κ3) is 2.36. The molecule has 0 saturated carbocycles. The summed E-state index contributed by atoms with van der Waals surface area (Å²) < 4.78 is 13.0. The lowest BCUT2D eigenvalue weighted by Crippen LogP contribution is -2.36. The zero-order valence-corrected chi connectivity index (χ0v) is 13.2. The van der Waals surface area contributed by atoms with E-state index in [1.807, 2.05) is 0 Å². The Morgan fingerprint density at radius 1 is 1.00 bits per heavy atom. The molecule has 2 N–H and O–H groups in total. The fraction of sp³-hybridized carbons (Fsp3) is 0. The summed E-state index contributed by atoms with van der Waals surface area (Å²) in [5, 5.41) is 1.37. The Kier molecular flexibility index (Phi) is 3.33. The summed E-state index contributed by atoms with van der Waals surface area (Å²) in [6.07, 6.45) is 0. The second-order valence-corrected chi connectivity index (χ2v) is 5.89. The average Bonchev–Trinajstić information content (AvgIpc) is 2.81. The van der Waals surface area contributed by atoms with E-state index in [0.29, 0.717) is 16.2 Å². The van der Waals surface area contributed by atoms with Crippen LogP contribution in [0.4, 0.5) is 10.1 Å². The Morgan fingerprint density at radius 3 is 2.44 bits per heavy atom. The minimum Gasteiger partial charge on any atom is -0.350 e. The third-order valence-electron chi connectivity index (χ3n) is 3.88. The van der Waals surface area contributed by atoms with E-state index in [4.69, 9.17) is 11.6 Å². The van der Waals surface area contributed by atoms with Gasteiger partial charge in [0.2, 0.25) is 5.43 Å². The molecule has 0 spiro atoms. The number of anilines is 1. The molecule has 0 aliphatic carbocycles. The minimum absolute atomic E-state index is 0.112. The molecule has 1 aliphatic rings. The van der Waals surface area contributed by atoms with Crippen LogP contribution in [0.25, 0.3) is 10.9 Å². The molecule has 124 valence electrons. The van der Waals surface area contributed by atoms with Crippen LogP contribution in [0.5, 0.6) is 0 Å². The number of nitrogens with zero attached hydrogens (tertiary/aromatic N) is 1. The molecule has 0 fully saturated rings. The van der Waals surface area contributed by atoms with Gasteiger partial charge in [-0.3, -0.25) is 19.8 Å². The lowest BCUT2D eigenvalue weighted by atomic mass is 10.1. The molecular formula is C17H9ClFN3O3. The number of aromatic amines is 1. The van der Waals surface area contributed by atoms with Crippen LogP contribution in [-0.2, 0) is 0 Å². The summed E-state index contributed by atoms with van der Waals surface area (Å²) >= 11 is 5.91. The second-order valence-electron chi connectivity index (χ2n) is 5.46. The lowest BCUT2D eigenvalue weighted by Gasteiger charge is -2.15. The molecular weight excluding hydrogens is 349 g/mol. The number of hydrogen-bond acceptors (Lipinski definition) is 4. The molecule has 0 radical (unpaired) electrons. The van der Waals surface area contributed by atoms with Crippen LogP contribution in [0.15, 0.2) is 47.3 Å². The van der Waals surface area contributed by atoms with E-state index in [-0.39, 0.29) is 16.6 Å². The van der Waals surface area contributed by atoms with Crippen molar-refractivity contribution in [3.8, 4) is 0 Å². The maximum Gasteiger partial charge on any atom is 0.297 e. The van der Waals surface area contributed by atoms with Gasteiger partial charge in [0.15, 0.2) is 0 Å². The van der Waals surface area contributed by atoms with E-state index < -0.39 is 23.1 Å². The first-order chi connectivity index (χ1) is 12.0. The number of benzene rings is 2. The highest BCUT2D eigenvalue weighted by atomic mass is 35.5. The zero-order valence-electron chi connectivity index (χ0n) is 12.5. The molecule has 2 heterocycles. The molecule has 4 rings (SSSR count). The topological polar surface area (TPSA) is 82.3 Å². The van der Waals surface area contributed by atoms with E-state index >= 15 is 0 Å². The van der Waals surface area contributed by atoms with E-state index in [1.165, 1.54) is 42.5 Å². The molecule has 0 unspecified atom stereocenters. The van der Waals surface area contributed by atoms with Crippen LogP contribution in [0.1, 0.15) is 20.8 Å². The Hall–Kier alpha value is -3.19. The van der Waals surface area contributed by atoms with Gasteiger partial charge in [0.05, 0.1) is 11.2 Å². The van der Waals surface area contributed by atoms with Gasteiger partial charge in [-0.05, 0) is 42.5 Å². The number of hydrazine groups is 1. The maximum absolute atomic E-state index is 13.0. The zero-order chi connectivity index (χ0) is 17.7. The van der Waals surface area contributed by atoms with Gasteiger partial charge < -0.3 is 4.98 Å². The first-order valence-corrected chi connectivity index (χ1v) is 7.60. The van der Waals surface area contributed by atoms with Crippen molar-refractivity contribution in [1.29, 1.82) is 0 Å². The van der Waals surface area contributed by atoms with Crippen LogP contribution < -0.4 is 10.9 Å². The van der Waals surface area contributed by atoms with Crippen LogP contribution in [0, 0.1) is 5.82 Å². The molecule has 0 saturated heterocycles. The van der Waals surface area contributed by atoms with Crippen LogP contribution in [0.3, 0.4) is 0 Å². The van der Waals surface area contributed by atoms with Crippen LogP contribution >= 0.6 is 11.6 Å². The number of carbonyl (C=O) groups excluding carboxylic acids is 2. The molecule has 1 aromatic heterocycles. The van der Waals surface area contributed by atoms with Gasteiger partial charge in [-0.15, -0.1) is 0 Å². The number of amides is 2. The number of imide groups is 1. The molecule has 0 bridgehead atoms. The van der Waals surface area contributed by atoms with Crippen molar-refractivity contribution < 1.29 is 14.0 Å². The highest BCUT2D eigenvalue weighted by Gasteiger charge is 2.39. The van der Waals surface area contributed by atoms with Gasteiger partial charge in [0.1, 0.15) is 17.1 Å². The second kappa shape index (κ2) is 5.42. The predicted octanol–water partition coefficient (Wildman–Crippen LogP) is 2.94. The van der Waals surface area contributed by atoms with Crippen molar-refractivity contribution in [2.24, 2.45) is 0 Å². The minimum atomic E-state index is -0.776. The SMILES string of the molecule is O=C1c2[nH]c3cc(Cl)ccc3c(=O)c2C(=O)N1Nc1ccc(F)cc1. The Morgan fingerprint density at radius 2 is 1.72 bits per heavy atom. The summed E-state index contributed by atoms with van der Waals surface area (Å²) in [5.74, 6) is -1.93. The highest BCUT2D eigenvalue weighted by molar-refractivity contribution is 6.31. The largest absolute Gasteiger partial charge is 0.350 e. The molecule has 6 nitrogen and oxygen atoms in total.